The summed E-state index contributed by atoms with van der Waals surface area (Å²) in [5.74, 6) is -1.10. The number of rotatable bonds is 5. The van der Waals surface area contributed by atoms with Gasteiger partial charge in [-0.05, 0) is 67.5 Å². The molecule has 4 amide bonds. The normalized spacial score (nSPS) is 20.6. The summed E-state index contributed by atoms with van der Waals surface area (Å²) in [7, 11) is 1.75. The lowest BCUT2D eigenvalue weighted by atomic mass is 9.86. The minimum Gasteiger partial charge on any atom is -0.480 e. The van der Waals surface area contributed by atoms with E-state index in [0.717, 1.165) is 18.4 Å². The Morgan fingerprint density at radius 2 is 1.61 bits per heavy atom. The first-order valence-corrected chi connectivity index (χ1v) is 13.7. The fourth-order valence-corrected chi connectivity index (χ4v) is 6.41. The molecule has 8 nitrogen and oxygen atoms in total. The maximum atomic E-state index is 14.2. The molecule has 0 aliphatic carbocycles. The lowest BCUT2D eigenvalue weighted by Crippen LogP contribution is -2.72. The van der Waals surface area contributed by atoms with Crippen molar-refractivity contribution in [3.8, 4) is 0 Å². The van der Waals surface area contributed by atoms with Gasteiger partial charge in [-0.1, -0.05) is 36.4 Å². The maximum absolute atomic E-state index is 14.2. The summed E-state index contributed by atoms with van der Waals surface area (Å²) in [5, 5.41) is 12.4. The van der Waals surface area contributed by atoms with Crippen molar-refractivity contribution < 1.29 is 19.5 Å². The lowest BCUT2D eigenvalue weighted by molar-refractivity contribution is -0.148. The number of carboxylic acid groups (broad SMARTS) is 1. The van der Waals surface area contributed by atoms with Crippen molar-refractivity contribution in [2.24, 2.45) is 0 Å². The van der Waals surface area contributed by atoms with E-state index in [0.29, 0.717) is 24.3 Å². The third-order valence-corrected chi connectivity index (χ3v) is 8.28. The second-order valence-electron chi connectivity index (χ2n) is 9.99. The summed E-state index contributed by atoms with van der Waals surface area (Å²) in [6, 6.07) is 18.0. The van der Waals surface area contributed by atoms with Crippen LogP contribution in [0.2, 0.25) is 0 Å². The number of aryl methyl sites for hydroxylation is 1. The molecule has 5 rings (SSSR count). The van der Waals surface area contributed by atoms with Crippen LogP contribution >= 0.6 is 11.3 Å². The van der Waals surface area contributed by atoms with E-state index in [9.17, 15) is 19.5 Å². The zero-order valence-corrected chi connectivity index (χ0v) is 22.4. The van der Waals surface area contributed by atoms with Crippen molar-refractivity contribution in [1.82, 2.24) is 14.7 Å². The largest absolute Gasteiger partial charge is 0.480 e. The Hall–Kier alpha value is -3.85. The summed E-state index contributed by atoms with van der Waals surface area (Å²) >= 11 is 1.64. The third kappa shape index (κ3) is 4.98. The summed E-state index contributed by atoms with van der Waals surface area (Å²) < 4.78 is 0. The molecule has 2 saturated heterocycles. The standard InChI is InChI=1S/C29H32N4O4S/c1-20-16-21(19-38-20)17-30(2)28(36)33-24-14-9-15-25(33)26(27(34)35)31(18-24)29(37)32(22-10-5-3-6-11-22)23-12-7-4-8-13-23/h3-8,10-13,16,19,24-26H,9,14-15,17-18H2,1-2H3,(H,34,35)/t24-,25+,26-/m0/s1. The number of benzene rings is 2. The fourth-order valence-electron chi connectivity index (χ4n) is 5.71. The van der Waals surface area contributed by atoms with Gasteiger partial charge in [-0.15, -0.1) is 11.3 Å². The first kappa shape index (κ1) is 25.8. The zero-order valence-electron chi connectivity index (χ0n) is 21.6. The highest BCUT2D eigenvalue weighted by Gasteiger charge is 2.52. The minimum atomic E-state index is -1.14. The van der Waals surface area contributed by atoms with E-state index in [1.54, 1.807) is 33.1 Å². The van der Waals surface area contributed by atoms with E-state index >= 15 is 0 Å². The molecular weight excluding hydrogens is 500 g/mol. The number of amides is 4. The van der Waals surface area contributed by atoms with E-state index in [1.165, 1.54) is 9.78 Å². The molecule has 3 heterocycles. The van der Waals surface area contributed by atoms with Gasteiger partial charge in [0.1, 0.15) is 0 Å². The van der Waals surface area contributed by atoms with Gasteiger partial charge in [-0.25, -0.2) is 14.4 Å². The molecule has 2 bridgehead atoms. The van der Waals surface area contributed by atoms with Gasteiger partial charge >= 0.3 is 18.0 Å². The molecule has 2 fully saturated rings. The van der Waals surface area contributed by atoms with Crippen molar-refractivity contribution in [2.45, 2.75) is 50.9 Å². The lowest BCUT2D eigenvalue weighted by Gasteiger charge is -2.54. The van der Waals surface area contributed by atoms with E-state index in [4.69, 9.17) is 0 Å². The third-order valence-electron chi connectivity index (χ3n) is 7.37. The molecule has 0 radical (unpaired) electrons. The van der Waals surface area contributed by atoms with Crippen LogP contribution < -0.4 is 4.90 Å². The van der Waals surface area contributed by atoms with Gasteiger partial charge in [0.05, 0.1) is 23.5 Å². The Labute approximate surface area is 226 Å². The highest BCUT2D eigenvalue weighted by atomic mass is 32.1. The number of thiophene rings is 1. The Bertz CT molecular complexity index is 1260. The first-order chi connectivity index (χ1) is 18.3. The number of anilines is 2. The van der Waals surface area contributed by atoms with Gasteiger partial charge in [0.25, 0.3) is 0 Å². The quantitative estimate of drug-likeness (QED) is 0.466. The molecule has 0 spiro atoms. The molecular formula is C29H32N4O4S. The monoisotopic (exact) mass is 532 g/mol. The number of hydrogen-bond donors (Lipinski definition) is 1. The Morgan fingerprint density at radius 3 is 2.16 bits per heavy atom. The van der Waals surface area contributed by atoms with Crippen molar-refractivity contribution in [3.05, 3.63) is 82.6 Å². The summed E-state index contributed by atoms with van der Waals surface area (Å²) in [6.45, 7) is 2.65. The number of piperazine rings is 1. The average molecular weight is 533 g/mol. The summed E-state index contributed by atoms with van der Waals surface area (Å²) in [5.41, 5.74) is 2.36. The van der Waals surface area contributed by atoms with Crippen LogP contribution in [0, 0.1) is 6.92 Å². The molecule has 3 atom stereocenters. The van der Waals surface area contributed by atoms with E-state index in [-0.39, 0.29) is 18.6 Å². The fraction of sp³-hybridized carbons (Fsp3) is 0.345. The number of carboxylic acids is 1. The molecule has 0 unspecified atom stereocenters. The number of carbonyl (C=O) groups is 3. The van der Waals surface area contributed by atoms with Gasteiger partial charge in [-0.2, -0.15) is 0 Å². The SMILES string of the molecule is Cc1cc(CN(C)C(=O)N2[C@H]3CCC[C@@H]2[C@@H](C(=O)O)N(C(=O)N(c2ccccc2)c2ccccc2)C3)cs1. The average Bonchev–Trinajstić information content (AvgIpc) is 3.32. The Kier molecular flexibility index (Phi) is 7.37. The molecule has 9 heteroatoms. The molecule has 0 saturated carbocycles. The predicted octanol–water partition coefficient (Wildman–Crippen LogP) is 5.56. The van der Waals surface area contributed by atoms with Crippen molar-refractivity contribution in [1.29, 1.82) is 0 Å². The number of urea groups is 2. The van der Waals surface area contributed by atoms with Crippen molar-refractivity contribution in [3.63, 3.8) is 0 Å². The van der Waals surface area contributed by atoms with E-state index < -0.39 is 24.1 Å². The number of hydrogen-bond acceptors (Lipinski definition) is 4. The summed E-state index contributed by atoms with van der Waals surface area (Å²) in [4.78, 5) is 48.2. The van der Waals surface area contributed by atoms with Crippen LogP contribution in [-0.2, 0) is 11.3 Å². The Morgan fingerprint density at radius 1 is 0.974 bits per heavy atom. The molecule has 1 aromatic heterocycles. The van der Waals surface area contributed by atoms with Gasteiger partial charge in [0.15, 0.2) is 6.04 Å². The smallest absolute Gasteiger partial charge is 0.329 e. The Balaban J connectivity index is 1.45. The van der Waals surface area contributed by atoms with Gasteiger partial charge in [0, 0.05) is 25.0 Å². The molecule has 198 valence electrons. The predicted molar refractivity (Wildman–Crippen MR) is 148 cm³/mol. The maximum Gasteiger partial charge on any atom is 0.329 e. The zero-order chi connectivity index (χ0) is 26.8. The topological polar surface area (TPSA) is 84.4 Å². The van der Waals surface area contributed by atoms with Crippen LogP contribution in [0.4, 0.5) is 21.0 Å². The molecule has 38 heavy (non-hydrogen) atoms. The molecule has 3 aromatic rings. The number of piperidine rings is 1. The number of para-hydroxylation sites is 2. The van der Waals surface area contributed by atoms with Crippen LogP contribution in [-0.4, -0.2) is 69.6 Å². The van der Waals surface area contributed by atoms with Crippen LogP contribution in [0.15, 0.2) is 72.1 Å². The molecule has 2 aliphatic heterocycles. The number of carbonyl (C=O) groups excluding carboxylic acids is 2. The second-order valence-corrected chi connectivity index (χ2v) is 11.1. The van der Waals surface area contributed by atoms with Crippen LogP contribution in [0.5, 0.6) is 0 Å². The number of aliphatic carboxylic acids is 1. The molecule has 2 aliphatic rings. The van der Waals surface area contributed by atoms with Gasteiger partial charge in [-0.3, -0.25) is 4.90 Å². The number of likely N-dealkylation sites (tertiary alicyclic amines) is 1. The minimum absolute atomic E-state index is 0.166. The van der Waals surface area contributed by atoms with Crippen molar-refractivity contribution >= 4 is 40.7 Å². The highest BCUT2D eigenvalue weighted by Crippen LogP contribution is 2.36. The number of fused-ring (bicyclic) bond motifs is 2. The molecule has 2 aromatic carbocycles. The molecule has 1 N–H and O–H groups in total. The van der Waals surface area contributed by atoms with Crippen molar-refractivity contribution in [2.75, 3.05) is 18.5 Å². The van der Waals surface area contributed by atoms with Crippen LogP contribution in [0.3, 0.4) is 0 Å². The van der Waals surface area contributed by atoms with E-state index in [1.807, 2.05) is 73.0 Å². The highest BCUT2D eigenvalue weighted by molar-refractivity contribution is 7.10. The second kappa shape index (κ2) is 10.9. The van der Waals surface area contributed by atoms with Crippen LogP contribution in [0.1, 0.15) is 29.7 Å². The van der Waals surface area contributed by atoms with Gasteiger partial charge < -0.3 is 19.8 Å². The van der Waals surface area contributed by atoms with Crippen LogP contribution in [0.25, 0.3) is 0 Å². The first-order valence-electron chi connectivity index (χ1n) is 12.9. The number of nitrogens with zero attached hydrogens (tertiary/aromatic N) is 4. The van der Waals surface area contributed by atoms with E-state index in [2.05, 4.69) is 6.07 Å². The summed E-state index contributed by atoms with van der Waals surface area (Å²) in [6.07, 6.45) is 2.07. The van der Waals surface area contributed by atoms with Gasteiger partial charge in [0.2, 0.25) is 0 Å².